The number of carbonyl (C=O) groups is 2. The van der Waals surface area contributed by atoms with Crippen molar-refractivity contribution in [3.05, 3.63) is 35.9 Å². The van der Waals surface area contributed by atoms with Gasteiger partial charge >= 0.3 is 0 Å². The van der Waals surface area contributed by atoms with Gasteiger partial charge in [-0.25, -0.2) is 0 Å². The Balaban J connectivity index is 1.94. The van der Waals surface area contributed by atoms with Gasteiger partial charge in [0.25, 0.3) is 0 Å². The van der Waals surface area contributed by atoms with Gasteiger partial charge in [-0.3, -0.25) is 9.59 Å². The molecule has 1 aromatic rings. The van der Waals surface area contributed by atoms with E-state index in [0.29, 0.717) is 18.8 Å². The maximum Gasteiger partial charge on any atom is 0.217 e. The van der Waals surface area contributed by atoms with Gasteiger partial charge in [-0.05, 0) is 11.5 Å². The largest absolute Gasteiger partial charge is 0.349 e. The highest BCUT2D eigenvalue weighted by atomic mass is 16.1. The number of hydrogen-bond donors (Lipinski definition) is 1. The lowest BCUT2D eigenvalue weighted by Crippen LogP contribution is -2.28. The van der Waals surface area contributed by atoms with Crippen LogP contribution in [-0.2, 0) is 9.59 Å². The summed E-state index contributed by atoms with van der Waals surface area (Å²) in [6.07, 6.45) is 7.26. The summed E-state index contributed by atoms with van der Waals surface area (Å²) in [7, 11) is 0. The molecule has 0 unspecified atom stereocenters. The predicted octanol–water partition coefficient (Wildman–Crippen LogP) is 3.79. The first kappa shape index (κ1) is 15.7. The molecule has 1 aliphatic rings. The number of benzene rings is 1. The normalized spacial score (nSPS) is 17.2. The SMILES string of the molecule is CC(=O)N[C@H](CC(=O)CC1CCCCC1)c1ccccc1. The molecular formula is C18H25NO2. The van der Waals surface area contributed by atoms with Crippen LogP contribution < -0.4 is 5.32 Å². The monoisotopic (exact) mass is 287 g/mol. The van der Waals surface area contributed by atoms with E-state index in [-0.39, 0.29) is 17.7 Å². The van der Waals surface area contributed by atoms with Crippen molar-refractivity contribution < 1.29 is 9.59 Å². The van der Waals surface area contributed by atoms with Gasteiger partial charge in [-0.15, -0.1) is 0 Å². The number of ketones is 1. The van der Waals surface area contributed by atoms with E-state index in [1.54, 1.807) is 0 Å². The minimum atomic E-state index is -0.195. The third kappa shape index (κ3) is 5.33. The van der Waals surface area contributed by atoms with Gasteiger partial charge in [0.1, 0.15) is 5.78 Å². The van der Waals surface area contributed by atoms with E-state index in [1.165, 1.54) is 39.0 Å². The van der Waals surface area contributed by atoms with Crippen LogP contribution in [0.2, 0.25) is 0 Å². The molecule has 0 aromatic heterocycles. The molecule has 0 bridgehead atoms. The standard InChI is InChI=1S/C18H25NO2/c1-14(20)19-18(16-10-6-3-7-11-16)13-17(21)12-15-8-4-2-5-9-15/h3,6-7,10-11,15,18H,2,4-5,8-9,12-13H2,1H3,(H,19,20)/t18-/m1/s1. The molecule has 1 N–H and O–H groups in total. The summed E-state index contributed by atoms with van der Waals surface area (Å²) in [6.45, 7) is 1.50. The quantitative estimate of drug-likeness (QED) is 0.865. The van der Waals surface area contributed by atoms with Gasteiger partial charge in [-0.1, -0.05) is 62.4 Å². The highest BCUT2D eigenvalue weighted by Gasteiger charge is 2.21. The van der Waals surface area contributed by atoms with Crippen LogP contribution in [0.3, 0.4) is 0 Å². The van der Waals surface area contributed by atoms with Crippen molar-refractivity contribution in [2.75, 3.05) is 0 Å². The van der Waals surface area contributed by atoms with Crippen LogP contribution in [0.15, 0.2) is 30.3 Å². The van der Waals surface area contributed by atoms with Crippen LogP contribution in [-0.4, -0.2) is 11.7 Å². The fourth-order valence-electron chi connectivity index (χ4n) is 3.21. The Morgan fingerprint density at radius 2 is 1.81 bits per heavy atom. The fraction of sp³-hybridized carbons (Fsp3) is 0.556. The molecule has 0 radical (unpaired) electrons. The molecule has 1 atom stereocenters. The molecule has 1 aromatic carbocycles. The van der Waals surface area contributed by atoms with Gasteiger partial charge < -0.3 is 5.32 Å². The third-order valence-electron chi connectivity index (χ3n) is 4.25. The number of nitrogens with one attached hydrogen (secondary N) is 1. The molecule has 1 saturated carbocycles. The number of amides is 1. The van der Waals surface area contributed by atoms with Crippen LogP contribution in [0, 0.1) is 5.92 Å². The number of rotatable bonds is 6. The zero-order valence-electron chi connectivity index (χ0n) is 12.8. The molecule has 1 amide bonds. The molecule has 0 spiro atoms. The van der Waals surface area contributed by atoms with Crippen LogP contribution in [0.4, 0.5) is 0 Å². The van der Waals surface area contributed by atoms with Gasteiger partial charge in [0.15, 0.2) is 0 Å². The second-order valence-electron chi connectivity index (χ2n) is 6.11. The van der Waals surface area contributed by atoms with Gasteiger partial charge in [0.05, 0.1) is 6.04 Å². The summed E-state index contributed by atoms with van der Waals surface area (Å²) >= 11 is 0. The van der Waals surface area contributed by atoms with Crippen molar-refractivity contribution >= 4 is 11.7 Å². The zero-order chi connectivity index (χ0) is 15.1. The summed E-state index contributed by atoms with van der Waals surface area (Å²) in [6, 6.07) is 9.56. The Bertz CT molecular complexity index is 463. The lowest BCUT2D eigenvalue weighted by molar-refractivity contribution is -0.122. The van der Waals surface area contributed by atoms with E-state index in [0.717, 1.165) is 5.56 Å². The summed E-state index contributed by atoms with van der Waals surface area (Å²) in [4.78, 5) is 23.7. The smallest absolute Gasteiger partial charge is 0.217 e. The van der Waals surface area contributed by atoms with E-state index in [9.17, 15) is 9.59 Å². The van der Waals surface area contributed by atoms with Gasteiger partial charge in [-0.2, -0.15) is 0 Å². The van der Waals surface area contributed by atoms with Crippen molar-refractivity contribution in [1.82, 2.24) is 5.32 Å². The topological polar surface area (TPSA) is 46.2 Å². The van der Waals surface area contributed by atoms with E-state index in [2.05, 4.69) is 5.32 Å². The maximum absolute atomic E-state index is 12.3. The molecule has 1 fully saturated rings. The van der Waals surface area contributed by atoms with Gasteiger partial charge in [0.2, 0.25) is 5.91 Å². The number of hydrogen-bond acceptors (Lipinski definition) is 2. The lowest BCUT2D eigenvalue weighted by atomic mass is 9.84. The minimum Gasteiger partial charge on any atom is -0.349 e. The number of carbonyl (C=O) groups excluding carboxylic acids is 2. The molecule has 0 heterocycles. The molecule has 21 heavy (non-hydrogen) atoms. The second kappa shape index (κ2) is 7.96. The predicted molar refractivity (Wildman–Crippen MR) is 83.8 cm³/mol. The van der Waals surface area contributed by atoms with Crippen molar-refractivity contribution in [3.8, 4) is 0 Å². The van der Waals surface area contributed by atoms with Crippen LogP contribution >= 0.6 is 0 Å². The fourth-order valence-corrected chi connectivity index (χ4v) is 3.21. The Morgan fingerprint density at radius 1 is 1.14 bits per heavy atom. The maximum atomic E-state index is 12.3. The summed E-state index contributed by atoms with van der Waals surface area (Å²) in [5.41, 5.74) is 1.00. The zero-order valence-corrected chi connectivity index (χ0v) is 12.8. The first-order valence-corrected chi connectivity index (χ1v) is 7.99. The second-order valence-corrected chi connectivity index (χ2v) is 6.11. The van der Waals surface area contributed by atoms with Crippen molar-refractivity contribution in [2.24, 2.45) is 5.92 Å². The van der Waals surface area contributed by atoms with Crippen molar-refractivity contribution in [2.45, 2.75) is 57.9 Å². The van der Waals surface area contributed by atoms with Gasteiger partial charge in [0, 0.05) is 19.8 Å². The van der Waals surface area contributed by atoms with Crippen LogP contribution in [0.25, 0.3) is 0 Å². The minimum absolute atomic E-state index is 0.0886. The van der Waals surface area contributed by atoms with Crippen molar-refractivity contribution in [3.63, 3.8) is 0 Å². The Hall–Kier alpha value is -1.64. The molecule has 2 rings (SSSR count). The lowest BCUT2D eigenvalue weighted by Gasteiger charge is -2.22. The molecule has 0 aliphatic heterocycles. The summed E-state index contributed by atoms with van der Waals surface area (Å²) in [5, 5.41) is 2.90. The summed E-state index contributed by atoms with van der Waals surface area (Å²) < 4.78 is 0. The molecule has 0 saturated heterocycles. The molecular weight excluding hydrogens is 262 g/mol. The molecule has 3 heteroatoms. The van der Waals surface area contributed by atoms with E-state index in [1.807, 2.05) is 30.3 Å². The molecule has 114 valence electrons. The molecule has 3 nitrogen and oxygen atoms in total. The molecule has 1 aliphatic carbocycles. The summed E-state index contributed by atoms with van der Waals surface area (Å²) in [5.74, 6) is 0.735. The van der Waals surface area contributed by atoms with Crippen molar-refractivity contribution in [1.29, 1.82) is 0 Å². The third-order valence-corrected chi connectivity index (χ3v) is 4.25. The highest BCUT2D eigenvalue weighted by molar-refractivity contribution is 5.81. The Morgan fingerprint density at radius 3 is 2.43 bits per heavy atom. The van der Waals surface area contributed by atoms with E-state index in [4.69, 9.17) is 0 Å². The van der Waals surface area contributed by atoms with Crippen LogP contribution in [0.5, 0.6) is 0 Å². The number of Topliss-reactive ketones (excluding diaryl/α,β-unsaturated/α-hetero) is 1. The Kier molecular flexibility index (Phi) is 5.97. The highest BCUT2D eigenvalue weighted by Crippen LogP contribution is 2.28. The van der Waals surface area contributed by atoms with E-state index >= 15 is 0 Å². The van der Waals surface area contributed by atoms with Crippen LogP contribution in [0.1, 0.15) is 63.5 Å². The first-order chi connectivity index (χ1) is 10.1. The Labute approximate surface area is 127 Å². The average Bonchev–Trinajstić information content (AvgIpc) is 2.48. The average molecular weight is 287 g/mol. The first-order valence-electron chi connectivity index (χ1n) is 7.99. The van der Waals surface area contributed by atoms with E-state index < -0.39 is 0 Å².